The van der Waals surface area contributed by atoms with Crippen LogP contribution in [0.1, 0.15) is 36.8 Å². The van der Waals surface area contributed by atoms with Crippen LogP contribution in [0.4, 0.5) is 11.4 Å². The van der Waals surface area contributed by atoms with Crippen LogP contribution >= 0.6 is 0 Å². The first-order chi connectivity index (χ1) is 12.0. The normalized spacial score (nSPS) is 18.1. The number of amides is 1. The van der Waals surface area contributed by atoms with Gasteiger partial charge in [-0.15, -0.1) is 0 Å². The molecule has 2 unspecified atom stereocenters. The largest absolute Gasteiger partial charge is 0.378 e. The zero-order chi connectivity index (χ0) is 17.8. The van der Waals surface area contributed by atoms with Gasteiger partial charge in [-0.1, -0.05) is 5.16 Å². The fourth-order valence-corrected chi connectivity index (χ4v) is 3.06. The maximum atomic E-state index is 12.4. The number of aryl methyl sites for hydroxylation is 2. The molecule has 0 saturated carbocycles. The van der Waals surface area contributed by atoms with Crippen molar-refractivity contribution in [3.63, 3.8) is 0 Å². The Labute approximate surface area is 147 Å². The standard InChI is InChI=1S/C18H24N4O3/c1-11-14(13(3)25-22-11)9-18(23)21-16-10-19-7-6-15(16)20-12(2)17-5-4-8-24-17/h6-7,10,12,17H,4-5,8-9H2,1-3H3,(H,19,20)(H,21,23). The second-order valence-corrected chi connectivity index (χ2v) is 6.43. The van der Waals surface area contributed by atoms with Crippen molar-refractivity contribution in [2.45, 2.75) is 52.2 Å². The number of aromatic nitrogens is 2. The second-order valence-electron chi connectivity index (χ2n) is 6.43. The van der Waals surface area contributed by atoms with Crippen LogP contribution in [0.25, 0.3) is 0 Å². The Kier molecular flexibility index (Phi) is 5.33. The molecule has 1 fully saturated rings. The van der Waals surface area contributed by atoms with Crippen LogP contribution in [-0.4, -0.2) is 34.8 Å². The lowest BCUT2D eigenvalue weighted by molar-refractivity contribution is -0.115. The van der Waals surface area contributed by atoms with Gasteiger partial charge in [-0.3, -0.25) is 9.78 Å². The molecule has 7 heteroatoms. The summed E-state index contributed by atoms with van der Waals surface area (Å²) in [4.78, 5) is 16.5. The van der Waals surface area contributed by atoms with Crippen LogP contribution in [0.3, 0.4) is 0 Å². The molecule has 2 atom stereocenters. The smallest absolute Gasteiger partial charge is 0.229 e. The van der Waals surface area contributed by atoms with E-state index in [-0.39, 0.29) is 24.5 Å². The van der Waals surface area contributed by atoms with Crippen molar-refractivity contribution in [3.8, 4) is 0 Å². The number of pyridine rings is 1. The first kappa shape index (κ1) is 17.4. The lowest BCUT2D eigenvalue weighted by Gasteiger charge is -2.22. The number of nitrogens with one attached hydrogen (secondary N) is 2. The number of carbonyl (C=O) groups is 1. The summed E-state index contributed by atoms with van der Waals surface area (Å²) in [7, 11) is 0. The molecule has 0 radical (unpaired) electrons. The Bertz CT molecular complexity index is 718. The average molecular weight is 344 g/mol. The Balaban J connectivity index is 1.67. The zero-order valence-corrected chi connectivity index (χ0v) is 14.8. The van der Waals surface area contributed by atoms with E-state index in [9.17, 15) is 4.79 Å². The van der Waals surface area contributed by atoms with E-state index < -0.39 is 0 Å². The van der Waals surface area contributed by atoms with Crippen LogP contribution in [0.2, 0.25) is 0 Å². The van der Waals surface area contributed by atoms with Crippen LogP contribution in [-0.2, 0) is 16.0 Å². The molecule has 2 N–H and O–H groups in total. The fraction of sp³-hybridized carbons (Fsp3) is 0.500. The molecule has 134 valence electrons. The first-order valence-electron chi connectivity index (χ1n) is 8.58. The van der Waals surface area contributed by atoms with E-state index in [1.54, 1.807) is 12.4 Å². The lowest BCUT2D eigenvalue weighted by atomic mass is 10.1. The van der Waals surface area contributed by atoms with Gasteiger partial charge in [0.15, 0.2) is 0 Å². The SMILES string of the molecule is Cc1noc(C)c1CC(=O)Nc1cnccc1NC(C)C1CCCO1. The number of carbonyl (C=O) groups excluding carboxylic acids is 1. The molecule has 0 bridgehead atoms. The number of ether oxygens (including phenoxy) is 1. The summed E-state index contributed by atoms with van der Waals surface area (Å²) in [6.45, 7) is 6.54. The number of anilines is 2. The Morgan fingerprint density at radius 3 is 2.92 bits per heavy atom. The molecule has 25 heavy (non-hydrogen) atoms. The molecule has 2 aromatic heterocycles. The maximum Gasteiger partial charge on any atom is 0.229 e. The van der Waals surface area contributed by atoms with Crippen molar-refractivity contribution in [2.24, 2.45) is 0 Å². The lowest BCUT2D eigenvalue weighted by Crippen LogP contribution is -2.30. The number of hydrogen-bond acceptors (Lipinski definition) is 6. The molecule has 0 spiro atoms. The molecule has 1 aliphatic rings. The minimum atomic E-state index is -0.129. The Hall–Kier alpha value is -2.41. The highest BCUT2D eigenvalue weighted by molar-refractivity contribution is 5.95. The first-order valence-corrected chi connectivity index (χ1v) is 8.58. The summed E-state index contributed by atoms with van der Waals surface area (Å²) < 4.78 is 10.8. The molecule has 1 amide bonds. The molecular weight excluding hydrogens is 320 g/mol. The predicted molar refractivity (Wildman–Crippen MR) is 94.6 cm³/mol. The third-order valence-electron chi connectivity index (χ3n) is 4.52. The number of hydrogen-bond donors (Lipinski definition) is 2. The Morgan fingerprint density at radius 2 is 2.24 bits per heavy atom. The third-order valence-corrected chi connectivity index (χ3v) is 4.52. The molecule has 0 aliphatic carbocycles. The highest BCUT2D eigenvalue weighted by atomic mass is 16.5. The summed E-state index contributed by atoms with van der Waals surface area (Å²) in [6.07, 6.45) is 5.90. The summed E-state index contributed by atoms with van der Waals surface area (Å²) in [5.41, 5.74) is 3.06. The van der Waals surface area contributed by atoms with Gasteiger partial charge in [-0.05, 0) is 39.7 Å². The molecule has 2 aromatic rings. The zero-order valence-electron chi connectivity index (χ0n) is 14.8. The molecule has 1 saturated heterocycles. The van der Waals surface area contributed by atoms with Crippen molar-refractivity contribution in [1.29, 1.82) is 0 Å². The van der Waals surface area contributed by atoms with Gasteiger partial charge in [0.25, 0.3) is 0 Å². The van der Waals surface area contributed by atoms with Gasteiger partial charge in [0.1, 0.15) is 5.76 Å². The molecule has 0 aromatic carbocycles. The summed E-state index contributed by atoms with van der Waals surface area (Å²) in [5, 5.41) is 10.2. The Morgan fingerprint density at radius 1 is 1.40 bits per heavy atom. The van der Waals surface area contributed by atoms with Gasteiger partial charge in [-0.25, -0.2) is 0 Å². The van der Waals surface area contributed by atoms with E-state index >= 15 is 0 Å². The van der Waals surface area contributed by atoms with E-state index in [0.29, 0.717) is 11.4 Å². The maximum absolute atomic E-state index is 12.4. The minimum absolute atomic E-state index is 0.129. The number of rotatable bonds is 6. The molecular formula is C18H24N4O3. The second kappa shape index (κ2) is 7.65. The fourth-order valence-electron chi connectivity index (χ4n) is 3.06. The summed E-state index contributed by atoms with van der Waals surface area (Å²) in [5.74, 6) is 0.541. The van der Waals surface area contributed by atoms with Gasteiger partial charge >= 0.3 is 0 Å². The molecule has 3 heterocycles. The van der Waals surface area contributed by atoms with Crippen molar-refractivity contribution in [1.82, 2.24) is 10.1 Å². The van der Waals surface area contributed by atoms with E-state index in [1.165, 1.54) is 0 Å². The number of nitrogens with zero attached hydrogens (tertiary/aromatic N) is 2. The monoisotopic (exact) mass is 344 g/mol. The van der Waals surface area contributed by atoms with E-state index in [2.05, 4.69) is 27.7 Å². The van der Waals surface area contributed by atoms with Gasteiger partial charge in [0.05, 0.1) is 35.8 Å². The van der Waals surface area contributed by atoms with Crippen molar-refractivity contribution < 1.29 is 14.1 Å². The summed E-state index contributed by atoms with van der Waals surface area (Å²) >= 11 is 0. The topological polar surface area (TPSA) is 89.3 Å². The van der Waals surface area contributed by atoms with Gasteiger partial charge < -0.3 is 19.9 Å². The van der Waals surface area contributed by atoms with Crippen LogP contribution in [0.5, 0.6) is 0 Å². The van der Waals surface area contributed by atoms with E-state index in [1.807, 2.05) is 19.9 Å². The van der Waals surface area contributed by atoms with E-state index in [0.717, 1.165) is 36.4 Å². The average Bonchev–Trinajstić information content (AvgIpc) is 3.23. The molecule has 7 nitrogen and oxygen atoms in total. The summed E-state index contributed by atoms with van der Waals surface area (Å²) in [6, 6.07) is 2.01. The van der Waals surface area contributed by atoms with E-state index in [4.69, 9.17) is 9.26 Å². The highest BCUT2D eigenvalue weighted by Crippen LogP contribution is 2.24. The molecule has 1 aliphatic heterocycles. The van der Waals surface area contributed by atoms with Crippen LogP contribution < -0.4 is 10.6 Å². The van der Waals surface area contributed by atoms with Gasteiger partial charge in [0, 0.05) is 24.4 Å². The quantitative estimate of drug-likeness (QED) is 0.837. The van der Waals surface area contributed by atoms with Crippen LogP contribution in [0, 0.1) is 13.8 Å². The van der Waals surface area contributed by atoms with Crippen molar-refractivity contribution >= 4 is 17.3 Å². The highest BCUT2D eigenvalue weighted by Gasteiger charge is 2.23. The van der Waals surface area contributed by atoms with Gasteiger partial charge in [0.2, 0.25) is 5.91 Å². The van der Waals surface area contributed by atoms with Crippen molar-refractivity contribution in [2.75, 3.05) is 17.2 Å². The van der Waals surface area contributed by atoms with Gasteiger partial charge in [-0.2, -0.15) is 0 Å². The van der Waals surface area contributed by atoms with Crippen LogP contribution in [0.15, 0.2) is 23.0 Å². The minimum Gasteiger partial charge on any atom is -0.378 e. The third kappa shape index (κ3) is 4.17. The molecule has 3 rings (SSSR count). The predicted octanol–water partition coefficient (Wildman–Crippen LogP) is 2.85. The van der Waals surface area contributed by atoms with Crippen molar-refractivity contribution in [3.05, 3.63) is 35.5 Å².